The highest BCUT2D eigenvalue weighted by atomic mass is 32.2. The first-order valence-corrected chi connectivity index (χ1v) is 11.0. The smallest absolute Gasteiger partial charge is 0.161 e. The summed E-state index contributed by atoms with van der Waals surface area (Å²) in [6, 6.07) is 0. The monoisotopic (exact) mass is 360 g/mol. The maximum Gasteiger partial charge on any atom is 0.161 e. The second kappa shape index (κ2) is 5.45. The Bertz CT molecular complexity index is 670. The van der Waals surface area contributed by atoms with Crippen LogP contribution in [0.1, 0.15) is 51.9 Å². The maximum absolute atomic E-state index is 12.3. The Morgan fingerprint density at radius 3 is 2.92 bits per heavy atom. The van der Waals surface area contributed by atoms with E-state index in [1.165, 1.54) is 24.2 Å². The minimum absolute atomic E-state index is 0.0659. The molecule has 3 saturated carbocycles. The van der Waals surface area contributed by atoms with Crippen LogP contribution in [0, 0.1) is 34.5 Å². The fourth-order valence-corrected chi connectivity index (χ4v) is 9.54. The van der Waals surface area contributed by atoms with Gasteiger partial charge in [0.15, 0.2) is 11.6 Å². The summed E-state index contributed by atoms with van der Waals surface area (Å²) in [6.45, 7) is 2.04. The van der Waals surface area contributed by atoms with Crippen LogP contribution in [0.15, 0.2) is 11.6 Å². The largest absolute Gasteiger partial charge is 0.389 e. The van der Waals surface area contributed by atoms with Crippen LogP contribution >= 0.6 is 11.8 Å². The van der Waals surface area contributed by atoms with E-state index >= 15 is 0 Å². The lowest BCUT2D eigenvalue weighted by Gasteiger charge is -2.57. The first-order chi connectivity index (χ1) is 12.0. The van der Waals surface area contributed by atoms with E-state index in [1.807, 2.05) is 6.08 Å². The molecule has 1 unspecified atom stereocenters. The first kappa shape index (κ1) is 16.6. The third kappa shape index (κ3) is 2.04. The molecule has 0 radical (unpaired) electrons. The summed E-state index contributed by atoms with van der Waals surface area (Å²) in [4.78, 5) is 24.4. The third-order valence-electron chi connectivity index (χ3n) is 8.78. The molecule has 136 valence electrons. The molecule has 5 rings (SSSR count). The molecule has 0 amide bonds. The Kier molecular flexibility index (Phi) is 3.61. The van der Waals surface area contributed by atoms with E-state index in [1.54, 1.807) is 0 Å². The average molecular weight is 361 g/mol. The number of ketones is 2. The standard InChI is InChI=1S/C21H28O3S/c1-20-6-5-15-13(14(20)2-3-16(20)18(24)10-22)9-19-17-8-12(23)4-7-21(15,17)11-25-19/h8,13-16,19,22H,2-7,9-11H2,1H3/t13-,14-,15-,16+,19?,20-,21-/m0/s1. The molecule has 0 aromatic carbocycles. The lowest BCUT2D eigenvalue weighted by Crippen LogP contribution is -2.53. The predicted octanol–water partition coefficient (Wildman–Crippen LogP) is 3.40. The second-order valence-electron chi connectivity index (χ2n) is 9.43. The van der Waals surface area contributed by atoms with E-state index in [9.17, 15) is 14.7 Å². The van der Waals surface area contributed by atoms with Crippen molar-refractivity contribution in [2.45, 2.75) is 57.1 Å². The molecule has 5 aliphatic rings. The van der Waals surface area contributed by atoms with Gasteiger partial charge >= 0.3 is 0 Å². The van der Waals surface area contributed by atoms with Crippen LogP contribution in [0.2, 0.25) is 0 Å². The van der Waals surface area contributed by atoms with Crippen LogP contribution in [0.4, 0.5) is 0 Å². The van der Waals surface area contributed by atoms with Crippen molar-refractivity contribution in [3.63, 3.8) is 0 Å². The minimum atomic E-state index is -0.293. The van der Waals surface area contributed by atoms with Crippen LogP contribution in [0.3, 0.4) is 0 Å². The molecule has 25 heavy (non-hydrogen) atoms. The van der Waals surface area contributed by atoms with Crippen molar-refractivity contribution in [3.05, 3.63) is 11.6 Å². The zero-order chi connectivity index (χ0) is 17.4. The number of hydrogen-bond acceptors (Lipinski definition) is 4. The molecular weight excluding hydrogens is 332 g/mol. The van der Waals surface area contributed by atoms with Gasteiger partial charge in [-0.05, 0) is 73.3 Å². The number of carbonyl (C=O) groups excluding carboxylic acids is 2. The summed E-state index contributed by atoms with van der Waals surface area (Å²) in [5.74, 6) is 3.73. The maximum atomic E-state index is 12.3. The molecule has 1 saturated heterocycles. The van der Waals surface area contributed by atoms with Crippen LogP contribution in [-0.4, -0.2) is 34.3 Å². The normalized spacial score (nSPS) is 50.7. The number of aliphatic hydroxyl groups excluding tert-OH is 1. The second-order valence-corrected chi connectivity index (χ2v) is 10.6. The van der Waals surface area contributed by atoms with Gasteiger partial charge in [0.25, 0.3) is 0 Å². The Balaban J connectivity index is 1.51. The van der Waals surface area contributed by atoms with Gasteiger partial charge < -0.3 is 5.11 Å². The van der Waals surface area contributed by atoms with E-state index in [0.717, 1.165) is 32.1 Å². The summed E-state index contributed by atoms with van der Waals surface area (Å²) < 4.78 is 0. The van der Waals surface area contributed by atoms with E-state index in [-0.39, 0.29) is 29.1 Å². The quantitative estimate of drug-likeness (QED) is 0.820. The molecule has 0 aromatic heterocycles. The van der Waals surface area contributed by atoms with Crippen molar-refractivity contribution >= 4 is 23.3 Å². The molecule has 1 heterocycles. The van der Waals surface area contributed by atoms with Crippen LogP contribution in [0.5, 0.6) is 0 Å². The van der Waals surface area contributed by atoms with Gasteiger partial charge in [-0.2, -0.15) is 11.8 Å². The van der Waals surface area contributed by atoms with Gasteiger partial charge in [-0.1, -0.05) is 6.92 Å². The Hall–Kier alpha value is -0.610. The lowest BCUT2D eigenvalue weighted by molar-refractivity contribution is -0.132. The number of hydrogen-bond donors (Lipinski definition) is 1. The van der Waals surface area contributed by atoms with Crippen molar-refractivity contribution in [1.29, 1.82) is 0 Å². The molecule has 2 bridgehead atoms. The number of thioether (sulfide) groups is 1. The highest BCUT2D eigenvalue weighted by molar-refractivity contribution is 8.00. The van der Waals surface area contributed by atoms with Crippen LogP contribution in [0.25, 0.3) is 0 Å². The van der Waals surface area contributed by atoms with Gasteiger partial charge in [0, 0.05) is 28.8 Å². The van der Waals surface area contributed by atoms with E-state index in [4.69, 9.17) is 0 Å². The van der Waals surface area contributed by atoms with Gasteiger partial charge in [-0.15, -0.1) is 0 Å². The first-order valence-electron chi connectivity index (χ1n) is 10.00. The average Bonchev–Trinajstić information content (AvgIpc) is 3.08. The highest BCUT2D eigenvalue weighted by Gasteiger charge is 2.64. The molecule has 4 heteroatoms. The Morgan fingerprint density at radius 2 is 2.12 bits per heavy atom. The summed E-state index contributed by atoms with van der Waals surface area (Å²) >= 11 is 2.09. The van der Waals surface area contributed by atoms with Gasteiger partial charge in [-0.25, -0.2) is 0 Å². The summed E-state index contributed by atoms with van der Waals surface area (Å²) in [5.41, 5.74) is 1.86. The van der Waals surface area contributed by atoms with E-state index in [0.29, 0.717) is 28.8 Å². The fourth-order valence-electron chi connectivity index (χ4n) is 7.68. The van der Waals surface area contributed by atoms with Crippen molar-refractivity contribution in [3.8, 4) is 0 Å². The van der Waals surface area contributed by atoms with E-state index < -0.39 is 0 Å². The van der Waals surface area contributed by atoms with Crippen molar-refractivity contribution in [2.24, 2.45) is 34.5 Å². The number of rotatable bonds is 2. The number of aliphatic hydroxyl groups is 1. The molecule has 4 aliphatic carbocycles. The Labute approximate surface area is 154 Å². The van der Waals surface area contributed by atoms with Gasteiger partial charge in [-0.3, -0.25) is 9.59 Å². The fraction of sp³-hybridized carbons (Fsp3) is 0.810. The summed E-state index contributed by atoms with van der Waals surface area (Å²) in [7, 11) is 0. The zero-order valence-electron chi connectivity index (χ0n) is 15.0. The van der Waals surface area contributed by atoms with Crippen LogP contribution in [-0.2, 0) is 9.59 Å². The van der Waals surface area contributed by atoms with Crippen molar-refractivity contribution in [1.82, 2.24) is 0 Å². The van der Waals surface area contributed by atoms with Crippen molar-refractivity contribution < 1.29 is 14.7 Å². The highest BCUT2D eigenvalue weighted by Crippen LogP contribution is 2.70. The van der Waals surface area contributed by atoms with Gasteiger partial charge in [0.2, 0.25) is 0 Å². The number of carbonyl (C=O) groups is 2. The Morgan fingerprint density at radius 1 is 1.28 bits per heavy atom. The molecule has 3 nitrogen and oxygen atoms in total. The summed E-state index contributed by atoms with van der Waals surface area (Å²) in [5, 5.41) is 9.95. The lowest BCUT2D eigenvalue weighted by atomic mass is 9.46. The summed E-state index contributed by atoms with van der Waals surface area (Å²) in [6.07, 6.45) is 9.45. The zero-order valence-corrected chi connectivity index (χ0v) is 15.8. The molecule has 1 aliphatic heterocycles. The minimum Gasteiger partial charge on any atom is -0.389 e. The predicted molar refractivity (Wildman–Crippen MR) is 98.2 cm³/mol. The molecule has 0 aromatic rings. The van der Waals surface area contributed by atoms with Gasteiger partial charge in [0.05, 0.1) is 0 Å². The third-order valence-corrected chi connectivity index (χ3v) is 10.3. The van der Waals surface area contributed by atoms with E-state index in [2.05, 4.69) is 18.7 Å². The molecule has 4 fully saturated rings. The SMILES string of the molecule is C[C@]12CC[C@H]3[C@@H](CC4SC[C@@]35CCC(=O)C=C45)[C@@H]1CC[C@@H]2C(=O)CO. The topological polar surface area (TPSA) is 54.4 Å². The number of fused-ring (bicyclic) bond motifs is 3. The number of Topliss-reactive ketones (excluding diaryl/α,β-unsaturated/α-hetero) is 1. The van der Waals surface area contributed by atoms with Gasteiger partial charge in [0.1, 0.15) is 6.61 Å². The van der Waals surface area contributed by atoms with Crippen molar-refractivity contribution in [2.75, 3.05) is 12.4 Å². The van der Waals surface area contributed by atoms with Crippen LogP contribution < -0.4 is 0 Å². The molecule has 0 spiro atoms. The molecule has 7 atom stereocenters. The molecular formula is C21H28O3S. The molecule has 1 N–H and O–H groups in total.